The highest BCUT2D eigenvalue weighted by Crippen LogP contribution is 2.48. The van der Waals surface area contributed by atoms with Gasteiger partial charge in [0.15, 0.2) is 5.78 Å². The first kappa shape index (κ1) is 23.3. The number of carbonyl (C=O) groups excluding carboxylic acids is 2. The standard InChI is InChI=1S/C29H31O3P/c1-3-32-29(31)28(27(30)26-21-13-14-22(26)2)33(23-15-7-4-8-16-23,24-17-9-5-10-18-24)25-19-11-6-12-20-25/h4-12,15-20,22,26H,3,13-14,21H2,1-2H3. The molecule has 0 amide bonds. The lowest BCUT2D eigenvalue weighted by Gasteiger charge is -2.32. The molecule has 0 bridgehead atoms. The molecule has 0 heterocycles. The summed E-state index contributed by atoms with van der Waals surface area (Å²) in [6.45, 7) is 1.37. The summed E-state index contributed by atoms with van der Waals surface area (Å²) in [5.41, 5.74) is 0. The molecule has 1 aliphatic carbocycles. The van der Waals surface area contributed by atoms with Crippen molar-refractivity contribution in [2.45, 2.75) is 33.1 Å². The van der Waals surface area contributed by atoms with Crippen LogP contribution in [0.5, 0.6) is 0 Å². The van der Waals surface area contributed by atoms with E-state index in [1.807, 2.05) is 54.6 Å². The summed E-state index contributed by atoms with van der Waals surface area (Å²) in [7, 11) is 0. The van der Waals surface area contributed by atoms with Crippen molar-refractivity contribution in [1.29, 1.82) is 0 Å². The van der Waals surface area contributed by atoms with Gasteiger partial charge in [-0.15, -0.1) is 0 Å². The molecule has 0 radical (unpaired) electrons. The Labute approximate surface area is 196 Å². The first-order chi connectivity index (χ1) is 16.1. The normalized spacial score (nSPS) is 18.0. The Bertz CT molecular complexity index is 1050. The number of carbonyl (C=O) groups is 2. The molecular weight excluding hydrogens is 427 g/mol. The SMILES string of the molecule is CCOC(=O)C(C(=O)C1CCCC1C)=P(c1ccccc1)(c1ccccc1)c1ccccc1. The van der Waals surface area contributed by atoms with Gasteiger partial charge in [0.2, 0.25) is 0 Å². The average Bonchev–Trinajstić information content (AvgIpc) is 3.29. The second-order valence-corrected chi connectivity index (χ2v) is 12.0. The van der Waals surface area contributed by atoms with Gasteiger partial charge in [-0.3, -0.25) is 4.79 Å². The Morgan fingerprint density at radius 2 is 1.24 bits per heavy atom. The fraction of sp³-hybridized carbons (Fsp3) is 0.276. The van der Waals surface area contributed by atoms with Crippen LogP contribution in [0.1, 0.15) is 33.1 Å². The molecule has 0 aliphatic heterocycles. The molecule has 4 heteroatoms. The molecule has 3 nitrogen and oxygen atoms in total. The highest BCUT2D eigenvalue weighted by atomic mass is 31.2. The second-order valence-electron chi connectivity index (χ2n) is 8.63. The van der Waals surface area contributed by atoms with Crippen LogP contribution in [0.4, 0.5) is 0 Å². The van der Waals surface area contributed by atoms with E-state index in [1.54, 1.807) is 6.92 Å². The molecule has 3 aromatic rings. The minimum atomic E-state index is -2.79. The molecule has 170 valence electrons. The first-order valence-electron chi connectivity index (χ1n) is 11.8. The second kappa shape index (κ2) is 10.4. The summed E-state index contributed by atoms with van der Waals surface area (Å²) < 4.78 is 5.62. The molecule has 1 aliphatic rings. The topological polar surface area (TPSA) is 43.4 Å². The van der Waals surface area contributed by atoms with Crippen molar-refractivity contribution < 1.29 is 14.3 Å². The molecule has 3 aromatic carbocycles. The van der Waals surface area contributed by atoms with Gasteiger partial charge in [0.25, 0.3) is 0 Å². The minimum Gasteiger partial charge on any atom is -0.462 e. The number of rotatable bonds is 7. The molecule has 1 saturated carbocycles. The number of Topliss-reactive ketones (excluding diaryl/α,β-unsaturated/α-hetero) is 1. The molecule has 0 spiro atoms. The van der Waals surface area contributed by atoms with Crippen LogP contribution >= 0.6 is 6.89 Å². The van der Waals surface area contributed by atoms with E-state index in [0.29, 0.717) is 5.29 Å². The van der Waals surface area contributed by atoms with Gasteiger partial charge in [0, 0.05) is 5.92 Å². The number of ketones is 1. The van der Waals surface area contributed by atoms with E-state index in [-0.39, 0.29) is 24.2 Å². The maximum atomic E-state index is 14.3. The van der Waals surface area contributed by atoms with Crippen LogP contribution in [0.3, 0.4) is 0 Å². The van der Waals surface area contributed by atoms with Crippen LogP contribution in [0.25, 0.3) is 0 Å². The lowest BCUT2D eigenvalue weighted by molar-refractivity contribution is -0.135. The number of benzene rings is 3. The summed E-state index contributed by atoms with van der Waals surface area (Å²) in [5.74, 6) is -0.416. The number of hydrogen-bond donors (Lipinski definition) is 0. The average molecular weight is 459 g/mol. The largest absolute Gasteiger partial charge is 0.462 e. The lowest BCUT2D eigenvalue weighted by Crippen LogP contribution is -2.41. The van der Waals surface area contributed by atoms with Gasteiger partial charge >= 0.3 is 5.97 Å². The van der Waals surface area contributed by atoms with Crippen molar-refractivity contribution in [3.8, 4) is 0 Å². The Morgan fingerprint density at radius 3 is 1.61 bits per heavy atom. The van der Waals surface area contributed by atoms with Gasteiger partial charge in [-0.1, -0.05) is 104 Å². The molecule has 2 atom stereocenters. The van der Waals surface area contributed by atoms with Gasteiger partial charge in [-0.2, -0.15) is 0 Å². The molecular formula is C29H31O3P. The third-order valence-corrected chi connectivity index (χ3v) is 11.0. The van der Waals surface area contributed by atoms with Gasteiger partial charge in [-0.25, -0.2) is 4.79 Å². The molecule has 2 unspecified atom stereocenters. The van der Waals surface area contributed by atoms with Gasteiger partial charge < -0.3 is 4.74 Å². The predicted octanol–water partition coefficient (Wildman–Crippen LogP) is 4.72. The maximum absolute atomic E-state index is 14.3. The number of esters is 1. The first-order valence-corrected chi connectivity index (χ1v) is 13.5. The van der Waals surface area contributed by atoms with Crippen LogP contribution in [0.2, 0.25) is 0 Å². The van der Waals surface area contributed by atoms with E-state index in [0.717, 1.165) is 35.2 Å². The van der Waals surface area contributed by atoms with Crippen molar-refractivity contribution >= 4 is 39.8 Å². The molecule has 0 N–H and O–H groups in total. The quantitative estimate of drug-likeness (QED) is 0.292. The van der Waals surface area contributed by atoms with Crippen LogP contribution in [0, 0.1) is 11.8 Å². The van der Waals surface area contributed by atoms with Crippen molar-refractivity contribution in [2.75, 3.05) is 6.61 Å². The fourth-order valence-corrected chi connectivity index (χ4v) is 9.46. The van der Waals surface area contributed by atoms with Crippen molar-refractivity contribution in [3.05, 3.63) is 91.0 Å². The zero-order valence-electron chi connectivity index (χ0n) is 19.3. The van der Waals surface area contributed by atoms with E-state index >= 15 is 0 Å². The van der Waals surface area contributed by atoms with E-state index in [1.165, 1.54) is 0 Å². The number of ether oxygens (including phenoxy) is 1. The van der Waals surface area contributed by atoms with Gasteiger partial charge in [0.05, 0.1) is 6.61 Å². The molecule has 0 aromatic heterocycles. The summed E-state index contributed by atoms with van der Waals surface area (Å²) in [6, 6.07) is 30.2. The Hall–Kier alpha value is -2.90. The molecule has 33 heavy (non-hydrogen) atoms. The van der Waals surface area contributed by atoms with E-state index in [4.69, 9.17) is 4.74 Å². The third kappa shape index (κ3) is 4.35. The maximum Gasteiger partial charge on any atom is 0.342 e. The van der Waals surface area contributed by atoms with Crippen LogP contribution in [-0.2, 0) is 14.3 Å². The summed E-state index contributed by atoms with van der Waals surface area (Å²) in [4.78, 5) is 28.1. The molecule has 4 rings (SSSR count). The number of hydrogen-bond acceptors (Lipinski definition) is 3. The monoisotopic (exact) mass is 458 g/mol. The molecule has 0 saturated heterocycles. The van der Waals surface area contributed by atoms with Crippen LogP contribution < -0.4 is 15.9 Å². The lowest BCUT2D eigenvalue weighted by atomic mass is 9.92. The summed E-state index contributed by atoms with van der Waals surface area (Å²) in [6.07, 6.45) is 2.85. The fourth-order valence-electron chi connectivity index (χ4n) is 5.10. The zero-order chi connectivity index (χ0) is 23.3. The van der Waals surface area contributed by atoms with Crippen LogP contribution in [-0.4, -0.2) is 23.7 Å². The Balaban J connectivity index is 2.20. The van der Waals surface area contributed by atoms with Crippen molar-refractivity contribution in [1.82, 2.24) is 0 Å². The smallest absolute Gasteiger partial charge is 0.342 e. The highest BCUT2D eigenvalue weighted by Gasteiger charge is 2.42. The predicted molar refractivity (Wildman–Crippen MR) is 138 cm³/mol. The zero-order valence-corrected chi connectivity index (χ0v) is 20.2. The van der Waals surface area contributed by atoms with Crippen LogP contribution in [0.15, 0.2) is 91.0 Å². The van der Waals surface area contributed by atoms with Crippen molar-refractivity contribution in [3.63, 3.8) is 0 Å². The van der Waals surface area contributed by atoms with E-state index in [9.17, 15) is 9.59 Å². The summed E-state index contributed by atoms with van der Waals surface area (Å²) in [5, 5.41) is 3.30. The third-order valence-electron chi connectivity index (χ3n) is 6.67. The minimum absolute atomic E-state index is 0.0386. The molecule has 1 fully saturated rings. The Kier molecular flexibility index (Phi) is 7.30. The van der Waals surface area contributed by atoms with Crippen molar-refractivity contribution in [2.24, 2.45) is 11.8 Å². The van der Waals surface area contributed by atoms with Gasteiger partial charge in [-0.05, 0) is 48.5 Å². The Morgan fingerprint density at radius 1 is 0.788 bits per heavy atom. The summed E-state index contributed by atoms with van der Waals surface area (Å²) >= 11 is 0. The van der Waals surface area contributed by atoms with E-state index < -0.39 is 12.9 Å². The van der Waals surface area contributed by atoms with E-state index in [2.05, 4.69) is 43.3 Å². The highest BCUT2D eigenvalue weighted by molar-refractivity contribution is 7.97. The van der Waals surface area contributed by atoms with Gasteiger partial charge in [0.1, 0.15) is 5.29 Å².